The standard InChI is InChI=1S/C24H23F2N5O3S/c1-16-29-20-7-6-17(19-13-27-24(28-14-19)30-8-10-35(32,33)11-9-30)12-21(20)31(16)15-18-4-2-3-5-22(18)34-23(25)26/h2-7,12-14,23H,8-11,15H2,1H3. The molecular formula is C24H23F2N5O3S. The number of alkyl halides is 2. The van der Waals surface area contributed by atoms with Gasteiger partial charge in [0.1, 0.15) is 11.6 Å². The number of hydrogen-bond acceptors (Lipinski definition) is 7. The Kier molecular flexibility index (Phi) is 6.10. The van der Waals surface area contributed by atoms with Crippen LogP contribution in [-0.4, -0.2) is 59.1 Å². The first-order valence-electron chi connectivity index (χ1n) is 11.1. The number of imidazole rings is 1. The molecule has 1 fully saturated rings. The quantitative estimate of drug-likeness (QED) is 0.400. The molecule has 0 radical (unpaired) electrons. The monoisotopic (exact) mass is 499 g/mol. The van der Waals surface area contributed by atoms with E-state index < -0.39 is 16.4 Å². The van der Waals surface area contributed by atoms with Crippen molar-refractivity contribution in [3.05, 3.63) is 66.2 Å². The van der Waals surface area contributed by atoms with E-state index in [2.05, 4.69) is 15.0 Å². The number of benzene rings is 2. The summed E-state index contributed by atoms with van der Waals surface area (Å²) < 4.78 is 55.7. The molecule has 1 saturated heterocycles. The second-order valence-corrected chi connectivity index (χ2v) is 10.6. The number of hydrogen-bond donors (Lipinski definition) is 0. The predicted molar refractivity (Wildman–Crippen MR) is 129 cm³/mol. The van der Waals surface area contributed by atoms with E-state index in [-0.39, 0.29) is 17.3 Å². The maximum absolute atomic E-state index is 12.9. The molecule has 0 bridgehead atoms. The molecule has 0 atom stereocenters. The maximum atomic E-state index is 12.9. The fraction of sp³-hybridized carbons (Fsp3) is 0.292. The van der Waals surface area contributed by atoms with Crippen molar-refractivity contribution in [1.29, 1.82) is 0 Å². The van der Waals surface area contributed by atoms with Crippen LogP contribution in [0.3, 0.4) is 0 Å². The summed E-state index contributed by atoms with van der Waals surface area (Å²) in [6.07, 6.45) is 3.43. The average molecular weight is 500 g/mol. The van der Waals surface area contributed by atoms with Gasteiger partial charge in [0.05, 0.1) is 29.1 Å². The third kappa shape index (κ3) is 4.95. The Morgan fingerprint density at radius 1 is 1.03 bits per heavy atom. The molecule has 0 aliphatic carbocycles. The lowest BCUT2D eigenvalue weighted by molar-refractivity contribution is -0.0504. The number of para-hydroxylation sites is 1. The van der Waals surface area contributed by atoms with E-state index in [1.165, 1.54) is 6.07 Å². The molecular weight excluding hydrogens is 476 g/mol. The van der Waals surface area contributed by atoms with Gasteiger partial charge < -0.3 is 14.2 Å². The molecule has 0 spiro atoms. The van der Waals surface area contributed by atoms with Crippen LogP contribution in [0.2, 0.25) is 0 Å². The first kappa shape index (κ1) is 23.2. The van der Waals surface area contributed by atoms with Crippen LogP contribution in [0.5, 0.6) is 5.75 Å². The average Bonchev–Trinajstić information content (AvgIpc) is 3.14. The van der Waals surface area contributed by atoms with Crippen molar-refractivity contribution >= 4 is 26.8 Å². The van der Waals surface area contributed by atoms with Gasteiger partial charge in [0.25, 0.3) is 0 Å². The van der Waals surface area contributed by atoms with Crippen LogP contribution in [0.4, 0.5) is 14.7 Å². The summed E-state index contributed by atoms with van der Waals surface area (Å²) in [6, 6.07) is 12.5. The number of sulfone groups is 1. The largest absolute Gasteiger partial charge is 0.434 e. The Hall–Kier alpha value is -3.60. The normalized spacial score (nSPS) is 15.6. The Labute approximate surface area is 201 Å². The van der Waals surface area contributed by atoms with Crippen molar-refractivity contribution in [2.75, 3.05) is 29.5 Å². The summed E-state index contributed by atoms with van der Waals surface area (Å²) in [5.74, 6) is 1.58. The van der Waals surface area contributed by atoms with E-state index in [0.29, 0.717) is 31.1 Å². The van der Waals surface area contributed by atoms with Gasteiger partial charge in [-0.2, -0.15) is 8.78 Å². The van der Waals surface area contributed by atoms with Gasteiger partial charge in [-0.05, 0) is 30.7 Å². The lowest BCUT2D eigenvalue weighted by atomic mass is 10.1. The third-order valence-electron chi connectivity index (χ3n) is 6.06. The Balaban J connectivity index is 1.43. The van der Waals surface area contributed by atoms with Crippen molar-refractivity contribution in [2.45, 2.75) is 20.1 Å². The second-order valence-electron chi connectivity index (χ2n) is 8.35. The summed E-state index contributed by atoms with van der Waals surface area (Å²) >= 11 is 0. The van der Waals surface area contributed by atoms with Crippen molar-refractivity contribution in [3.63, 3.8) is 0 Å². The summed E-state index contributed by atoms with van der Waals surface area (Å²) in [5, 5.41) is 0. The highest BCUT2D eigenvalue weighted by molar-refractivity contribution is 7.91. The lowest BCUT2D eigenvalue weighted by Gasteiger charge is -2.26. The Bertz CT molecular complexity index is 1460. The van der Waals surface area contributed by atoms with Crippen LogP contribution < -0.4 is 9.64 Å². The van der Waals surface area contributed by atoms with Gasteiger partial charge >= 0.3 is 6.61 Å². The number of rotatable bonds is 6. The van der Waals surface area contributed by atoms with Gasteiger partial charge in [-0.25, -0.2) is 23.4 Å². The van der Waals surface area contributed by atoms with Gasteiger partial charge in [-0.15, -0.1) is 0 Å². The number of nitrogens with zero attached hydrogens (tertiary/aromatic N) is 5. The van der Waals surface area contributed by atoms with E-state index in [0.717, 1.165) is 28.0 Å². The zero-order valence-corrected chi connectivity index (χ0v) is 19.8. The topological polar surface area (TPSA) is 90.2 Å². The van der Waals surface area contributed by atoms with Crippen LogP contribution in [0.1, 0.15) is 11.4 Å². The number of fused-ring (bicyclic) bond motifs is 1. The molecule has 4 aromatic rings. The van der Waals surface area contributed by atoms with E-state index >= 15 is 0 Å². The maximum Gasteiger partial charge on any atom is 0.387 e. The van der Waals surface area contributed by atoms with E-state index in [4.69, 9.17) is 4.74 Å². The molecule has 35 heavy (non-hydrogen) atoms. The Morgan fingerprint density at radius 3 is 2.46 bits per heavy atom. The van der Waals surface area contributed by atoms with E-state index in [1.54, 1.807) is 30.6 Å². The van der Waals surface area contributed by atoms with Crippen LogP contribution in [0, 0.1) is 6.92 Å². The van der Waals surface area contributed by atoms with Gasteiger partial charge in [0.15, 0.2) is 9.84 Å². The van der Waals surface area contributed by atoms with Crippen molar-refractivity contribution < 1.29 is 21.9 Å². The molecule has 0 N–H and O–H groups in total. The number of ether oxygens (including phenoxy) is 1. The van der Waals surface area contributed by atoms with Crippen LogP contribution in [0.15, 0.2) is 54.9 Å². The summed E-state index contributed by atoms with van der Waals surface area (Å²) in [4.78, 5) is 15.4. The minimum atomic E-state index is -2.98. The molecule has 2 aromatic carbocycles. The van der Waals surface area contributed by atoms with Gasteiger partial charge in [-0.3, -0.25) is 0 Å². The second kappa shape index (κ2) is 9.21. The molecule has 0 amide bonds. The minimum absolute atomic E-state index is 0.101. The molecule has 1 aliphatic heterocycles. The lowest BCUT2D eigenvalue weighted by Crippen LogP contribution is -2.41. The zero-order valence-electron chi connectivity index (χ0n) is 18.9. The molecule has 2 aromatic heterocycles. The predicted octanol–water partition coefficient (Wildman–Crippen LogP) is 3.69. The molecule has 0 unspecified atom stereocenters. The molecule has 1 aliphatic rings. The van der Waals surface area contributed by atoms with Crippen LogP contribution in [-0.2, 0) is 16.4 Å². The first-order valence-corrected chi connectivity index (χ1v) is 12.9. The highest BCUT2D eigenvalue weighted by atomic mass is 32.2. The highest BCUT2D eigenvalue weighted by Crippen LogP contribution is 2.28. The zero-order chi connectivity index (χ0) is 24.6. The van der Waals surface area contributed by atoms with Crippen molar-refractivity contribution in [3.8, 4) is 16.9 Å². The van der Waals surface area contributed by atoms with Gasteiger partial charge in [0.2, 0.25) is 5.95 Å². The minimum Gasteiger partial charge on any atom is -0.434 e. The molecule has 3 heterocycles. The van der Waals surface area contributed by atoms with Crippen molar-refractivity contribution in [1.82, 2.24) is 19.5 Å². The summed E-state index contributed by atoms with van der Waals surface area (Å²) in [7, 11) is -2.98. The SMILES string of the molecule is Cc1nc2ccc(-c3cnc(N4CCS(=O)(=O)CC4)nc3)cc2n1Cc1ccccc1OC(F)F. The summed E-state index contributed by atoms with van der Waals surface area (Å²) in [6.45, 7) is 0.0430. The number of aromatic nitrogens is 4. The van der Waals surface area contributed by atoms with E-state index in [9.17, 15) is 17.2 Å². The van der Waals surface area contributed by atoms with Crippen LogP contribution in [0.25, 0.3) is 22.2 Å². The Morgan fingerprint density at radius 2 is 1.74 bits per heavy atom. The number of aryl methyl sites for hydroxylation is 1. The fourth-order valence-corrected chi connectivity index (χ4v) is 5.39. The van der Waals surface area contributed by atoms with E-state index in [1.807, 2.05) is 34.6 Å². The van der Waals surface area contributed by atoms with Crippen LogP contribution >= 0.6 is 0 Å². The van der Waals surface area contributed by atoms with Gasteiger partial charge in [0, 0.05) is 36.6 Å². The molecule has 8 nitrogen and oxygen atoms in total. The molecule has 182 valence electrons. The molecule has 0 saturated carbocycles. The van der Waals surface area contributed by atoms with Gasteiger partial charge in [-0.1, -0.05) is 24.3 Å². The molecule has 11 heteroatoms. The first-order chi connectivity index (χ1) is 16.8. The van der Waals surface area contributed by atoms with Crippen molar-refractivity contribution in [2.24, 2.45) is 0 Å². The highest BCUT2D eigenvalue weighted by Gasteiger charge is 2.23. The fourth-order valence-electron chi connectivity index (χ4n) is 4.18. The summed E-state index contributed by atoms with van der Waals surface area (Å²) in [5.41, 5.74) is 3.93. The smallest absolute Gasteiger partial charge is 0.387 e. The molecule has 5 rings (SSSR count). The number of anilines is 1. The third-order valence-corrected chi connectivity index (χ3v) is 7.66. The number of halogens is 2.